The van der Waals surface area contributed by atoms with Gasteiger partial charge in [0.2, 0.25) is 0 Å². The highest BCUT2D eigenvalue weighted by Gasteiger charge is 2.44. The van der Waals surface area contributed by atoms with Gasteiger partial charge in [-0.15, -0.1) is 0 Å². The molecule has 64 heavy (non-hydrogen) atoms. The molecule has 1 atom stereocenters. The fourth-order valence-corrected chi connectivity index (χ4v) is 11.2. The first-order valence-electron chi connectivity index (χ1n) is 22.3. The summed E-state index contributed by atoms with van der Waals surface area (Å²) in [5.74, 6) is 3.63. The molecule has 0 saturated heterocycles. The van der Waals surface area contributed by atoms with Crippen LogP contribution in [0, 0.1) is 0 Å². The second-order valence-corrected chi connectivity index (χ2v) is 17.9. The van der Waals surface area contributed by atoms with Crippen molar-refractivity contribution < 1.29 is 9.47 Å². The van der Waals surface area contributed by atoms with Gasteiger partial charge in [0.25, 0.3) is 6.71 Å². The lowest BCUT2D eigenvalue weighted by Gasteiger charge is -2.39. The minimum Gasteiger partial charge on any atom is -0.458 e. The molecule has 0 bridgehead atoms. The van der Waals surface area contributed by atoms with Gasteiger partial charge in [0.05, 0.1) is 0 Å². The fourth-order valence-electron chi connectivity index (χ4n) is 11.2. The maximum Gasteiger partial charge on any atom is 0.252 e. The first kappa shape index (κ1) is 36.8. The third kappa shape index (κ3) is 5.48. The van der Waals surface area contributed by atoms with E-state index in [1.807, 2.05) is 6.07 Å². The number of fused-ring (bicyclic) bond motifs is 11. The molecule has 13 rings (SSSR count). The van der Waals surface area contributed by atoms with Crippen LogP contribution in [0.5, 0.6) is 23.0 Å². The van der Waals surface area contributed by atoms with Crippen LogP contribution >= 0.6 is 0 Å². The Labute approximate surface area is 373 Å². The normalized spacial score (nSPS) is 14.9. The van der Waals surface area contributed by atoms with E-state index in [0.717, 1.165) is 45.6 Å². The molecule has 0 aromatic heterocycles. The Balaban J connectivity index is 1.02. The van der Waals surface area contributed by atoms with Crippen molar-refractivity contribution in [2.24, 2.45) is 0 Å². The summed E-state index contributed by atoms with van der Waals surface area (Å²) in [5.41, 5.74) is 15.3. The maximum atomic E-state index is 7.18. The van der Waals surface area contributed by atoms with Gasteiger partial charge in [-0.1, -0.05) is 177 Å². The van der Waals surface area contributed by atoms with E-state index in [1.165, 1.54) is 71.3 Å². The minimum absolute atomic E-state index is 0.0335. The molecule has 3 nitrogen and oxygen atoms in total. The van der Waals surface area contributed by atoms with Gasteiger partial charge in [-0.3, -0.25) is 0 Å². The Bertz CT molecular complexity index is 3490. The van der Waals surface area contributed by atoms with E-state index >= 15 is 0 Å². The van der Waals surface area contributed by atoms with Gasteiger partial charge < -0.3 is 14.4 Å². The molecule has 4 heteroatoms. The van der Waals surface area contributed by atoms with Crippen molar-refractivity contribution in [3.05, 3.63) is 240 Å². The zero-order valence-corrected chi connectivity index (χ0v) is 35.6. The van der Waals surface area contributed by atoms with Crippen LogP contribution in [0.2, 0.25) is 0 Å². The molecular formula is C60H42BNO2. The van der Waals surface area contributed by atoms with E-state index in [0.29, 0.717) is 0 Å². The van der Waals surface area contributed by atoms with E-state index in [2.05, 4.69) is 225 Å². The zero-order valence-electron chi connectivity index (χ0n) is 35.6. The van der Waals surface area contributed by atoms with E-state index < -0.39 is 0 Å². The average molecular weight is 820 g/mol. The summed E-state index contributed by atoms with van der Waals surface area (Å²) in [5, 5.41) is 5.16. The second kappa shape index (κ2) is 14.1. The highest BCUT2D eigenvalue weighted by molar-refractivity contribution is 6.99. The summed E-state index contributed by atoms with van der Waals surface area (Å²) < 4.78 is 13.7. The first-order chi connectivity index (χ1) is 31.5. The molecule has 10 aromatic rings. The number of para-hydroxylation sites is 1. The molecular weight excluding hydrogens is 777 g/mol. The van der Waals surface area contributed by atoms with Crippen molar-refractivity contribution in [2.45, 2.75) is 25.2 Å². The standard InChI is InChI=1S/C60H42BNO2/c1-60(2)49-25-13-14-26-52(49)63-53-35-33-42(36-50(53)60)62(41-30-28-39(29-31-41)38-16-5-3-6-17-38)43-32-34-51-55(37-43)64-54-27-15-24-48-56(40-18-7-4-8-19-40)57-46-22-11-9-20-44(46)45-21-10-12-23-47(45)59(57)61(51)58(48)54/h3-37,56H,1-2H3. The van der Waals surface area contributed by atoms with Crippen molar-refractivity contribution in [3.8, 4) is 34.1 Å². The number of hydrogen-bond acceptors (Lipinski definition) is 3. The molecule has 0 saturated carbocycles. The minimum atomic E-state index is -0.275. The smallest absolute Gasteiger partial charge is 0.252 e. The lowest BCUT2D eigenvalue weighted by molar-refractivity contribution is 0.418. The molecule has 0 spiro atoms. The van der Waals surface area contributed by atoms with Crippen LogP contribution in [0.3, 0.4) is 0 Å². The lowest BCUT2D eigenvalue weighted by atomic mass is 9.31. The quantitative estimate of drug-likeness (QED) is 0.128. The second-order valence-electron chi connectivity index (χ2n) is 17.9. The van der Waals surface area contributed by atoms with Crippen LogP contribution < -0.4 is 30.8 Å². The number of benzene rings is 10. The highest BCUT2D eigenvalue weighted by Crippen LogP contribution is 2.51. The van der Waals surface area contributed by atoms with Gasteiger partial charge in [0.15, 0.2) is 0 Å². The summed E-state index contributed by atoms with van der Waals surface area (Å²) in [7, 11) is 0. The number of hydrogen-bond donors (Lipinski definition) is 0. The van der Waals surface area contributed by atoms with Crippen molar-refractivity contribution in [2.75, 3.05) is 4.90 Å². The van der Waals surface area contributed by atoms with Crippen LogP contribution in [0.4, 0.5) is 17.1 Å². The van der Waals surface area contributed by atoms with Gasteiger partial charge in [-0.05, 0) is 109 Å². The topological polar surface area (TPSA) is 21.7 Å². The molecule has 0 N–H and O–H groups in total. The van der Waals surface area contributed by atoms with E-state index in [-0.39, 0.29) is 18.0 Å². The summed E-state index contributed by atoms with van der Waals surface area (Å²) in [6.45, 7) is 4.56. The Morgan fingerprint density at radius 3 is 1.80 bits per heavy atom. The predicted octanol–water partition coefficient (Wildman–Crippen LogP) is 13.7. The largest absolute Gasteiger partial charge is 0.458 e. The average Bonchev–Trinajstić information content (AvgIpc) is 3.35. The van der Waals surface area contributed by atoms with Crippen LogP contribution in [-0.2, 0) is 5.41 Å². The van der Waals surface area contributed by atoms with E-state index in [4.69, 9.17) is 9.47 Å². The summed E-state index contributed by atoms with van der Waals surface area (Å²) >= 11 is 0. The van der Waals surface area contributed by atoms with Crippen molar-refractivity contribution in [1.82, 2.24) is 0 Å². The zero-order chi connectivity index (χ0) is 42.5. The summed E-state index contributed by atoms with van der Waals surface area (Å²) in [6.07, 6.45) is 0. The van der Waals surface area contributed by atoms with Gasteiger partial charge in [-0.25, -0.2) is 0 Å². The number of nitrogens with zero attached hydrogens (tertiary/aromatic N) is 1. The molecule has 0 amide bonds. The lowest BCUT2D eigenvalue weighted by Crippen LogP contribution is -2.60. The fraction of sp³-hybridized carbons (Fsp3) is 0.0667. The van der Waals surface area contributed by atoms with Crippen LogP contribution in [0.15, 0.2) is 212 Å². The number of ether oxygens (including phenoxy) is 2. The van der Waals surface area contributed by atoms with Crippen molar-refractivity contribution in [1.29, 1.82) is 0 Å². The Kier molecular flexibility index (Phi) is 8.11. The van der Waals surface area contributed by atoms with E-state index in [1.54, 1.807) is 0 Å². The maximum absolute atomic E-state index is 7.18. The number of anilines is 3. The highest BCUT2D eigenvalue weighted by atomic mass is 16.5. The predicted molar refractivity (Wildman–Crippen MR) is 265 cm³/mol. The van der Waals surface area contributed by atoms with Gasteiger partial charge in [-0.2, -0.15) is 0 Å². The van der Waals surface area contributed by atoms with Crippen LogP contribution in [0.25, 0.3) is 32.7 Å². The van der Waals surface area contributed by atoms with Crippen molar-refractivity contribution in [3.63, 3.8) is 0 Å². The third-order valence-electron chi connectivity index (χ3n) is 14.1. The van der Waals surface area contributed by atoms with E-state index in [9.17, 15) is 0 Å². The number of rotatable bonds is 5. The van der Waals surface area contributed by atoms with Crippen LogP contribution in [-0.4, -0.2) is 6.71 Å². The third-order valence-corrected chi connectivity index (χ3v) is 14.1. The monoisotopic (exact) mass is 819 g/mol. The van der Waals surface area contributed by atoms with Crippen molar-refractivity contribution >= 4 is 61.7 Å². The Morgan fingerprint density at radius 1 is 0.422 bits per heavy atom. The molecule has 3 aliphatic rings. The molecule has 0 fully saturated rings. The van der Waals surface area contributed by atoms with Crippen LogP contribution in [0.1, 0.15) is 47.6 Å². The molecule has 3 heterocycles. The molecule has 302 valence electrons. The summed E-state index contributed by atoms with van der Waals surface area (Å²) in [6, 6.07) is 77.2. The van der Waals surface area contributed by atoms with Gasteiger partial charge in [0, 0.05) is 45.6 Å². The molecule has 0 radical (unpaired) electrons. The summed E-state index contributed by atoms with van der Waals surface area (Å²) in [4.78, 5) is 2.37. The Morgan fingerprint density at radius 2 is 1.00 bits per heavy atom. The Hall–Kier alpha value is -7.82. The molecule has 1 unspecified atom stereocenters. The van der Waals surface area contributed by atoms with Gasteiger partial charge in [0.1, 0.15) is 23.0 Å². The molecule has 0 aliphatic carbocycles. The SMILES string of the molecule is CC1(C)c2ccccc2Oc2ccc(N(c3ccc(-c4ccccc4)cc3)c3ccc4c(c3)Oc3cccc5c3B4c3c(c4ccccc4c4ccccc34)C5c3ccccc3)cc21. The molecule has 3 aliphatic heterocycles. The van der Waals surface area contributed by atoms with Gasteiger partial charge >= 0.3 is 0 Å². The molecule has 10 aromatic carbocycles. The first-order valence-corrected chi connectivity index (χ1v) is 22.3.